The van der Waals surface area contributed by atoms with E-state index in [-0.39, 0.29) is 5.82 Å². The Bertz CT molecular complexity index is 344. The molecule has 1 rings (SSSR count). The molecule has 0 spiro atoms. The number of ether oxygens (including phenoxy) is 1. The third-order valence-electron chi connectivity index (χ3n) is 2.28. The summed E-state index contributed by atoms with van der Waals surface area (Å²) in [6.07, 6.45) is 0.936. The lowest BCUT2D eigenvalue weighted by atomic mass is 10.2. The largest absolute Gasteiger partial charge is 0.377 e. The zero-order chi connectivity index (χ0) is 12.7. The highest BCUT2D eigenvalue weighted by Gasteiger charge is 2.02. The first-order valence-corrected chi connectivity index (χ1v) is 6.22. The van der Waals surface area contributed by atoms with E-state index >= 15 is 0 Å². The number of rotatable bonds is 7. The zero-order valence-electron chi connectivity index (χ0n) is 10.3. The predicted molar refractivity (Wildman–Crippen MR) is 68.8 cm³/mol. The SMILES string of the molecule is CC(C)NCCCOCc1cc(F)ccc1Cl. The van der Waals surface area contributed by atoms with E-state index in [1.54, 1.807) is 6.07 Å². The summed E-state index contributed by atoms with van der Waals surface area (Å²) in [5, 5.41) is 3.85. The summed E-state index contributed by atoms with van der Waals surface area (Å²) in [5.41, 5.74) is 0.698. The van der Waals surface area contributed by atoms with Crippen LogP contribution in [0.15, 0.2) is 18.2 Å². The van der Waals surface area contributed by atoms with E-state index in [1.165, 1.54) is 12.1 Å². The molecular formula is C13H19ClFNO. The van der Waals surface area contributed by atoms with Gasteiger partial charge in [0.25, 0.3) is 0 Å². The van der Waals surface area contributed by atoms with Gasteiger partial charge in [-0.15, -0.1) is 0 Å². The fraction of sp³-hybridized carbons (Fsp3) is 0.538. The number of halogens is 2. The van der Waals surface area contributed by atoms with Crippen LogP contribution in [0.25, 0.3) is 0 Å². The lowest BCUT2D eigenvalue weighted by Gasteiger charge is -2.09. The second kappa shape index (κ2) is 7.64. The first-order valence-electron chi connectivity index (χ1n) is 5.84. The summed E-state index contributed by atoms with van der Waals surface area (Å²) in [6.45, 7) is 6.14. The van der Waals surface area contributed by atoms with E-state index < -0.39 is 0 Å². The van der Waals surface area contributed by atoms with Crippen molar-refractivity contribution in [2.75, 3.05) is 13.2 Å². The number of hydrogen-bond donors (Lipinski definition) is 1. The van der Waals surface area contributed by atoms with Crippen molar-refractivity contribution >= 4 is 11.6 Å². The third-order valence-corrected chi connectivity index (χ3v) is 2.65. The van der Waals surface area contributed by atoms with Crippen molar-refractivity contribution in [2.45, 2.75) is 32.9 Å². The Morgan fingerprint density at radius 1 is 1.41 bits per heavy atom. The van der Waals surface area contributed by atoms with Crippen LogP contribution in [-0.4, -0.2) is 19.2 Å². The smallest absolute Gasteiger partial charge is 0.123 e. The van der Waals surface area contributed by atoms with Gasteiger partial charge in [0.15, 0.2) is 0 Å². The van der Waals surface area contributed by atoms with Gasteiger partial charge in [-0.05, 0) is 36.7 Å². The molecule has 0 saturated carbocycles. The van der Waals surface area contributed by atoms with Gasteiger partial charge in [0, 0.05) is 17.7 Å². The maximum atomic E-state index is 12.9. The van der Waals surface area contributed by atoms with Crippen molar-refractivity contribution in [3.63, 3.8) is 0 Å². The lowest BCUT2D eigenvalue weighted by molar-refractivity contribution is 0.118. The second-order valence-corrected chi connectivity index (χ2v) is 4.66. The van der Waals surface area contributed by atoms with Gasteiger partial charge in [0.05, 0.1) is 6.61 Å². The Labute approximate surface area is 107 Å². The zero-order valence-corrected chi connectivity index (χ0v) is 11.1. The molecule has 2 nitrogen and oxygen atoms in total. The van der Waals surface area contributed by atoms with Crippen LogP contribution in [0.5, 0.6) is 0 Å². The molecule has 0 atom stereocenters. The molecule has 0 aliphatic carbocycles. The van der Waals surface area contributed by atoms with Crippen LogP contribution in [0.1, 0.15) is 25.8 Å². The Morgan fingerprint density at radius 3 is 2.88 bits per heavy atom. The average Bonchev–Trinajstić information content (AvgIpc) is 2.27. The summed E-state index contributed by atoms with van der Waals surface area (Å²) < 4.78 is 18.4. The summed E-state index contributed by atoms with van der Waals surface area (Å²) in [6, 6.07) is 4.80. The van der Waals surface area contributed by atoms with Crippen molar-refractivity contribution in [1.29, 1.82) is 0 Å². The van der Waals surface area contributed by atoms with Crippen molar-refractivity contribution in [1.82, 2.24) is 5.32 Å². The van der Waals surface area contributed by atoms with Crippen molar-refractivity contribution in [3.8, 4) is 0 Å². The maximum Gasteiger partial charge on any atom is 0.123 e. The number of hydrogen-bond acceptors (Lipinski definition) is 2. The maximum absolute atomic E-state index is 12.9. The predicted octanol–water partition coefficient (Wildman–Crippen LogP) is 3.38. The Morgan fingerprint density at radius 2 is 2.18 bits per heavy atom. The molecule has 0 aromatic heterocycles. The molecule has 0 heterocycles. The molecule has 96 valence electrons. The molecule has 0 fully saturated rings. The van der Waals surface area contributed by atoms with Gasteiger partial charge in [0.1, 0.15) is 5.82 Å². The number of benzene rings is 1. The minimum Gasteiger partial charge on any atom is -0.377 e. The fourth-order valence-corrected chi connectivity index (χ4v) is 1.57. The van der Waals surface area contributed by atoms with Crippen LogP contribution < -0.4 is 5.32 Å². The van der Waals surface area contributed by atoms with Crippen LogP contribution in [0, 0.1) is 5.82 Å². The van der Waals surface area contributed by atoms with Gasteiger partial charge in [-0.2, -0.15) is 0 Å². The van der Waals surface area contributed by atoms with Gasteiger partial charge in [0.2, 0.25) is 0 Å². The molecule has 0 aliphatic heterocycles. The summed E-state index contributed by atoms with van der Waals surface area (Å²) in [5.74, 6) is -0.283. The molecule has 0 radical (unpaired) electrons. The Balaban J connectivity index is 2.20. The molecule has 0 saturated heterocycles. The molecule has 0 unspecified atom stereocenters. The average molecular weight is 260 g/mol. The van der Waals surface area contributed by atoms with Crippen LogP contribution in [0.4, 0.5) is 4.39 Å². The van der Waals surface area contributed by atoms with E-state index in [2.05, 4.69) is 19.2 Å². The standard InChI is InChI=1S/C13H19ClFNO/c1-10(2)16-6-3-7-17-9-11-8-12(15)4-5-13(11)14/h4-5,8,10,16H,3,6-7,9H2,1-2H3. The van der Waals surface area contributed by atoms with Crippen LogP contribution in [-0.2, 0) is 11.3 Å². The third kappa shape index (κ3) is 6.01. The van der Waals surface area contributed by atoms with Crippen LogP contribution >= 0.6 is 11.6 Å². The number of nitrogens with one attached hydrogen (secondary N) is 1. The van der Waals surface area contributed by atoms with Crippen LogP contribution in [0.3, 0.4) is 0 Å². The Hall–Kier alpha value is -0.640. The molecule has 1 aromatic carbocycles. The molecule has 1 N–H and O–H groups in total. The fourth-order valence-electron chi connectivity index (χ4n) is 1.40. The van der Waals surface area contributed by atoms with Crippen molar-refractivity contribution in [3.05, 3.63) is 34.6 Å². The second-order valence-electron chi connectivity index (χ2n) is 4.25. The molecular weight excluding hydrogens is 241 g/mol. The highest BCUT2D eigenvalue weighted by molar-refractivity contribution is 6.31. The van der Waals surface area contributed by atoms with Gasteiger partial charge in [-0.1, -0.05) is 25.4 Å². The van der Waals surface area contributed by atoms with Gasteiger partial charge in [-0.25, -0.2) is 4.39 Å². The van der Waals surface area contributed by atoms with Crippen molar-refractivity contribution in [2.24, 2.45) is 0 Å². The van der Waals surface area contributed by atoms with E-state index in [0.29, 0.717) is 29.8 Å². The summed E-state index contributed by atoms with van der Waals surface area (Å²) in [4.78, 5) is 0. The van der Waals surface area contributed by atoms with Gasteiger partial charge < -0.3 is 10.1 Å². The minimum absolute atomic E-state index is 0.283. The molecule has 0 amide bonds. The first kappa shape index (κ1) is 14.4. The van der Waals surface area contributed by atoms with E-state index in [0.717, 1.165) is 13.0 Å². The van der Waals surface area contributed by atoms with Gasteiger partial charge in [-0.3, -0.25) is 0 Å². The quantitative estimate of drug-likeness (QED) is 0.758. The monoisotopic (exact) mass is 259 g/mol. The first-order chi connectivity index (χ1) is 8.09. The molecule has 0 aliphatic rings. The molecule has 0 bridgehead atoms. The lowest BCUT2D eigenvalue weighted by Crippen LogP contribution is -2.24. The molecule has 4 heteroatoms. The topological polar surface area (TPSA) is 21.3 Å². The van der Waals surface area contributed by atoms with E-state index in [1.807, 2.05) is 0 Å². The minimum atomic E-state index is -0.283. The molecule has 17 heavy (non-hydrogen) atoms. The normalized spacial score (nSPS) is 11.1. The van der Waals surface area contributed by atoms with E-state index in [4.69, 9.17) is 16.3 Å². The highest BCUT2D eigenvalue weighted by Crippen LogP contribution is 2.17. The summed E-state index contributed by atoms with van der Waals surface area (Å²) in [7, 11) is 0. The van der Waals surface area contributed by atoms with E-state index in [9.17, 15) is 4.39 Å². The molecule has 1 aromatic rings. The van der Waals surface area contributed by atoms with Crippen LogP contribution in [0.2, 0.25) is 5.02 Å². The summed E-state index contributed by atoms with van der Waals surface area (Å²) >= 11 is 5.92. The Kier molecular flexibility index (Phi) is 6.48. The van der Waals surface area contributed by atoms with Crippen molar-refractivity contribution < 1.29 is 9.13 Å². The van der Waals surface area contributed by atoms with Gasteiger partial charge >= 0.3 is 0 Å². The highest BCUT2D eigenvalue weighted by atomic mass is 35.5.